The van der Waals surface area contributed by atoms with E-state index in [9.17, 15) is 24.0 Å². The summed E-state index contributed by atoms with van der Waals surface area (Å²) in [4.78, 5) is 57.7. The number of carbonyl (C=O) groups excluding carboxylic acids is 4. The van der Waals surface area contributed by atoms with Gasteiger partial charge in [-0.05, 0) is 24.0 Å². The number of benzene rings is 1. The van der Waals surface area contributed by atoms with Crippen molar-refractivity contribution in [1.29, 1.82) is 0 Å². The Morgan fingerprint density at radius 1 is 1.07 bits per heavy atom. The van der Waals surface area contributed by atoms with Crippen LogP contribution in [-0.4, -0.2) is 47.2 Å². The van der Waals surface area contributed by atoms with E-state index in [2.05, 4.69) is 16.0 Å². The van der Waals surface area contributed by atoms with Crippen molar-refractivity contribution in [2.75, 3.05) is 5.32 Å². The van der Waals surface area contributed by atoms with Crippen LogP contribution >= 0.6 is 0 Å². The van der Waals surface area contributed by atoms with Crippen LogP contribution in [0.25, 0.3) is 0 Å². The molecule has 0 saturated carbocycles. The van der Waals surface area contributed by atoms with Crippen LogP contribution in [0.1, 0.15) is 39.7 Å². The Morgan fingerprint density at radius 2 is 1.68 bits per heavy atom. The SMILES string of the molecule is C[C@H](NC(=O)C(=O)Nc1ccccc1C(C)(C)C)C(=O)NC(C=O)CC(=O)O. The van der Waals surface area contributed by atoms with E-state index in [1.807, 2.05) is 32.9 Å². The van der Waals surface area contributed by atoms with Crippen LogP contribution in [0.4, 0.5) is 5.69 Å². The molecule has 1 aromatic carbocycles. The van der Waals surface area contributed by atoms with Crippen LogP contribution in [0.2, 0.25) is 0 Å². The minimum atomic E-state index is -1.26. The maximum absolute atomic E-state index is 12.2. The zero-order valence-electron chi connectivity index (χ0n) is 16.2. The van der Waals surface area contributed by atoms with Crippen molar-refractivity contribution in [1.82, 2.24) is 10.6 Å². The van der Waals surface area contributed by atoms with Gasteiger partial charge in [-0.3, -0.25) is 19.2 Å². The standard InChI is InChI=1S/C19H25N3O6/c1-11(16(26)21-12(10-23)9-15(24)25)20-17(27)18(28)22-14-8-6-5-7-13(14)19(2,3)4/h5-8,10-12H,9H2,1-4H3,(H,20,27)(H,21,26)(H,22,28)(H,24,25)/t11-,12?/m0/s1. The number of nitrogens with one attached hydrogen (secondary N) is 3. The third kappa shape index (κ3) is 6.82. The number of carboxylic acids is 1. The van der Waals surface area contributed by atoms with Gasteiger partial charge in [0.2, 0.25) is 5.91 Å². The summed E-state index contributed by atoms with van der Waals surface area (Å²) in [5.74, 6) is -4.03. The molecule has 0 radical (unpaired) electrons. The number of aldehydes is 1. The Bertz CT molecular complexity index is 769. The number of para-hydroxylation sites is 1. The molecule has 4 N–H and O–H groups in total. The maximum Gasteiger partial charge on any atom is 0.313 e. The topological polar surface area (TPSA) is 142 Å². The monoisotopic (exact) mass is 391 g/mol. The average Bonchev–Trinajstić information content (AvgIpc) is 2.59. The van der Waals surface area contributed by atoms with Gasteiger partial charge in [-0.25, -0.2) is 0 Å². The Kier molecular flexibility index (Phi) is 7.85. The predicted molar refractivity (Wildman–Crippen MR) is 102 cm³/mol. The van der Waals surface area contributed by atoms with Crippen LogP contribution in [0.3, 0.4) is 0 Å². The van der Waals surface area contributed by atoms with Crippen LogP contribution in [0, 0.1) is 0 Å². The van der Waals surface area contributed by atoms with Crippen molar-refractivity contribution in [3.05, 3.63) is 29.8 Å². The van der Waals surface area contributed by atoms with Gasteiger partial charge in [0.1, 0.15) is 12.3 Å². The van der Waals surface area contributed by atoms with Crippen LogP contribution in [-0.2, 0) is 29.4 Å². The first kappa shape index (κ1) is 22.8. The first-order valence-electron chi connectivity index (χ1n) is 8.64. The highest BCUT2D eigenvalue weighted by molar-refractivity contribution is 6.40. The van der Waals surface area contributed by atoms with Gasteiger partial charge in [0.15, 0.2) is 0 Å². The van der Waals surface area contributed by atoms with Crippen molar-refractivity contribution in [2.45, 2.75) is 51.6 Å². The van der Waals surface area contributed by atoms with Crippen LogP contribution in [0.15, 0.2) is 24.3 Å². The second-order valence-corrected chi connectivity index (χ2v) is 7.29. The lowest BCUT2D eigenvalue weighted by Gasteiger charge is -2.23. The molecule has 0 saturated heterocycles. The summed E-state index contributed by atoms with van der Waals surface area (Å²) in [6.07, 6.45) is -0.295. The Morgan fingerprint density at radius 3 is 2.21 bits per heavy atom. The highest BCUT2D eigenvalue weighted by Crippen LogP contribution is 2.29. The van der Waals surface area contributed by atoms with Crippen molar-refractivity contribution in [3.63, 3.8) is 0 Å². The number of anilines is 1. The minimum absolute atomic E-state index is 0.262. The summed E-state index contributed by atoms with van der Waals surface area (Å²) in [5, 5.41) is 15.6. The molecule has 0 bridgehead atoms. The van der Waals surface area contributed by atoms with Crippen LogP contribution in [0.5, 0.6) is 0 Å². The summed E-state index contributed by atoms with van der Waals surface area (Å²) in [6, 6.07) is 4.68. The second kappa shape index (κ2) is 9.63. The largest absolute Gasteiger partial charge is 0.481 e. The molecule has 152 valence electrons. The lowest BCUT2D eigenvalue weighted by atomic mass is 9.86. The van der Waals surface area contributed by atoms with E-state index in [1.54, 1.807) is 12.1 Å². The zero-order valence-corrected chi connectivity index (χ0v) is 16.2. The lowest BCUT2D eigenvalue weighted by Crippen LogP contribution is -2.51. The fourth-order valence-electron chi connectivity index (χ4n) is 2.38. The Labute approximate surface area is 162 Å². The normalized spacial score (nSPS) is 13.0. The van der Waals surface area contributed by atoms with Gasteiger partial charge in [-0.2, -0.15) is 0 Å². The molecule has 0 fully saturated rings. The first-order chi connectivity index (χ1) is 13.0. The molecule has 9 nitrogen and oxygen atoms in total. The second-order valence-electron chi connectivity index (χ2n) is 7.29. The number of rotatable bonds is 7. The number of carboxylic acid groups (broad SMARTS) is 1. The smallest absolute Gasteiger partial charge is 0.313 e. The number of hydrogen-bond acceptors (Lipinski definition) is 5. The van der Waals surface area contributed by atoms with Gasteiger partial charge in [0.05, 0.1) is 12.5 Å². The summed E-state index contributed by atoms with van der Waals surface area (Å²) in [6.45, 7) is 7.20. The molecule has 0 heterocycles. The van der Waals surface area contributed by atoms with Gasteiger partial charge in [0, 0.05) is 5.69 Å². The molecule has 3 amide bonds. The average molecular weight is 391 g/mol. The zero-order chi connectivity index (χ0) is 21.5. The van der Waals surface area contributed by atoms with E-state index < -0.39 is 42.2 Å². The fraction of sp³-hybridized carbons (Fsp3) is 0.421. The van der Waals surface area contributed by atoms with E-state index in [-0.39, 0.29) is 11.7 Å². The number of hydrogen-bond donors (Lipinski definition) is 4. The van der Waals surface area contributed by atoms with Gasteiger partial charge in [-0.1, -0.05) is 39.0 Å². The van der Waals surface area contributed by atoms with Crippen molar-refractivity contribution in [3.8, 4) is 0 Å². The highest BCUT2D eigenvalue weighted by atomic mass is 16.4. The molecule has 0 spiro atoms. The molecule has 1 aromatic rings. The van der Waals surface area contributed by atoms with Gasteiger partial charge >= 0.3 is 17.8 Å². The van der Waals surface area contributed by atoms with Gasteiger partial charge in [-0.15, -0.1) is 0 Å². The molecule has 2 atom stereocenters. The van der Waals surface area contributed by atoms with E-state index in [4.69, 9.17) is 5.11 Å². The molecule has 0 aliphatic heterocycles. The minimum Gasteiger partial charge on any atom is -0.481 e. The van der Waals surface area contributed by atoms with Crippen molar-refractivity contribution < 1.29 is 29.1 Å². The van der Waals surface area contributed by atoms with Crippen LogP contribution < -0.4 is 16.0 Å². The molecular weight excluding hydrogens is 366 g/mol. The van der Waals surface area contributed by atoms with E-state index in [0.717, 1.165) is 5.56 Å². The fourth-order valence-corrected chi connectivity index (χ4v) is 2.38. The lowest BCUT2D eigenvalue weighted by molar-refractivity contribution is -0.139. The number of amides is 3. The first-order valence-corrected chi connectivity index (χ1v) is 8.64. The highest BCUT2D eigenvalue weighted by Gasteiger charge is 2.25. The summed E-state index contributed by atoms with van der Waals surface area (Å²) >= 11 is 0. The molecular formula is C19H25N3O6. The molecule has 9 heteroatoms. The summed E-state index contributed by atoms with van der Waals surface area (Å²) in [5.41, 5.74) is 1.06. The molecule has 0 aliphatic carbocycles. The Hall–Kier alpha value is -3.23. The molecule has 0 aromatic heterocycles. The summed E-state index contributed by atoms with van der Waals surface area (Å²) < 4.78 is 0. The van der Waals surface area contributed by atoms with Gasteiger partial charge in [0.25, 0.3) is 0 Å². The third-order valence-electron chi connectivity index (χ3n) is 3.82. The third-order valence-corrected chi connectivity index (χ3v) is 3.82. The quantitative estimate of drug-likeness (QED) is 0.396. The van der Waals surface area contributed by atoms with E-state index in [0.29, 0.717) is 5.69 Å². The Balaban J connectivity index is 2.72. The molecule has 1 unspecified atom stereocenters. The van der Waals surface area contributed by atoms with E-state index in [1.165, 1.54) is 6.92 Å². The number of aliphatic carboxylic acids is 1. The van der Waals surface area contributed by atoms with Crippen molar-refractivity contribution in [2.24, 2.45) is 0 Å². The molecule has 0 aliphatic rings. The molecule has 28 heavy (non-hydrogen) atoms. The summed E-state index contributed by atoms with van der Waals surface area (Å²) in [7, 11) is 0. The van der Waals surface area contributed by atoms with Gasteiger partial charge < -0.3 is 25.9 Å². The predicted octanol–water partition coefficient (Wildman–Crippen LogP) is 0.586. The number of carbonyl (C=O) groups is 5. The molecule has 1 rings (SSSR count). The maximum atomic E-state index is 12.2. The van der Waals surface area contributed by atoms with Crippen molar-refractivity contribution >= 4 is 35.7 Å². The van der Waals surface area contributed by atoms with E-state index >= 15 is 0 Å².